The highest BCUT2D eigenvalue weighted by Crippen LogP contribution is 2.37. The van der Waals surface area contributed by atoms with E-state index < -0.39 is 5.79 Å². The highest BCUT2D eigenvalue weighted by Gasteiger charge is 2.41. The van der Waals surface area contributed by atoms with Crippen molar-refractivity contribution in [2.45, 2.75) is 32.1 Å². The van der Waals surface area contributed by atoms with Crippen LogP contribution in [0.3, 0.4) is 0 Å². The molecule has 3 aromatic heterocycles. The van der Waals surface area contributed by atoms with Crippen molar-refractivity contribution in [1.29, 1.82) is 0 Å². The summed E-state index contributed by atoms with van der Waals surface area (Å²) in [5.74, 6) is 0.381. The molecule has 3 aliphatic rings. The van der Waals surface area contributed by atoms with E-state index in [9.17, 15) is 9.59 Å². The normalized spacial score (nSPS) is 21.0. The van der Waals surface area contributed by atoms with Crippen LogP contribution in [0.4, 0.5) is 5.82 Å². The van der Waals surface area contributed by atoms with Crippen molar-refractivity contribution in [2.75, 3.05) is 31.2 Å². The van der Waals surface area contributed by atoms with Gasteiger partial charge in [-0.2, -0.15) is 0 Å². The molecule has 0 aromatic carbocycles. The molecule has 0 N–H and O–H groups in total. The summed E-state index contributed by atoms with van der Waals surface area (Å²) in [6.07, 6.45) is 6.24. The van der Waals surface area contributed by atoms with Gasteiger partial charge in [0.05, 0.1) is 36.5 Å². The highest BCUT2D eigenvalue weighted by atomic mass is 32.2. The van der Waals surface area contributed by atoms with Crippen molar-refractivity contribution in [3.05, 3.63) is 68.9 Å². The molecule has 6 heterocycles. The number of aryl methyl sites for hydroxylation is 1. The summed E-state index contributed by atoms with van der Waals surface area (Å²) in [7, 11) is 0. The van der Waals surface area contributed by atoms with E-state index in [-0.39, 0.29) is 18.0 Å². The molecule has 11 heteroatoms. The smallest absolute Gasteiger partial charge is 0.267 e. The van der Waals surface area contributed by atoms with Gasteiger partial charge in [-0.15, -0.1) is 0 Å². The van der Waals surface area contributed by atoms with E-state index in [2.05, 4.69) is 4.90 Å². The second-order valence-corrected chi connectivity index (χ2v) is 10.7. The summed E-state index contributed by atoms with van der Waals surface area (Å²) >= 11 is 6.65. The van der Waals surface area contributed by atoms with Crippen molar-refractivity contribution in [1.82, 2.24) is 14.3 Å². The van der Waals surface area contributed by atoms with E-state index in [1.807, 2.05) is 19.1 Å². The number of fused-ring (bicyclic) bond motifs is 1. The van der Waals surface area contributed by atoms with Crippen LogP contribution < -0.4 is 10.5 Å². The Morgan fingerprint density at radius 1 is 1.17 bits per heavy atom. The fourth-order valence-corrected chi connectivity index (χ4v) is 6.08. The first-order chi connectivity index (χ1) is 17.4. The fraction of sp³-hybridized carbons (Fsp3) is 0.360. The second-order valence-electron chi connectivity index (χ2n) is 8.98. The van der Waals surface area contributed by atoms with Gasteiger partial charge in [0.2, 0.25) is 0 Å². The molecule has 9 nitrogen and oxygen atoms in total. The molecule has 6 rings (SSSR count). The first-order valence-electron chi connectivity index (χ1n) is 11.8. The predicted octanol–water partition coefficient (Wildman–Crippen LogP) is 3.34. The van der Waals surface area contributed by atoms with Gasteiger partial charge in [0.1, 0.15) is 21.5 Å². The molecular weight excluding hydrogens is 500 g/mol. The van der Waals surface area contributed by atoms with Crippen molar-refractivity contribution in [2.24, 2.45) is 0 Å². The number of pyridine rings is 1. The Kier molecular flexibility index (Phi) is 5.95. The lowest BCUT2D eigenvalue weighted by Crippen LogP contribution is -2.46. The molecule has 0 aliphatic carbocycles. The van der Waals surface area contributed by atoms with Crippen molar-refractivity contribution in [3.8, 4) is 0 Å². The molecule has 36 heavy (non-hydrogen) atoms. The Hall–Kier alpha value is -2.99. The zero-order valence-electron chi connectivity index (χ0n) is 19.6. The first kappa shape index (κ1) is 23.4. The molecular formula is C25H24N4O5S2. The molecule has 3 aliphatic heterocycles. The van der Waals surface area contributed by atoms with E-state index in [4.69, 9.17) is 31.1 Å². The number of furan rings is 1. The molecule has 3 saturated heterocycles. The number of carbonyl (C=O) groups excluding carboxylic acids is 1. The number of nitrogens with zero attached hydrogens (tertiary/aromatic N) is 4. The van der Waals surface area contributed by atoms with E-state index >= 15 is 0 Å². The lowest BCUT2D eigenvalue weighted by Gasteiger charge is -2.38. The summed E-state index contributed by atoms with van der Waals surface area (Å²) in [6.45, 7) is 4.60. The average molecular weight is 525 g/mol. The third-order valence-electron chi connectivity index (χ3n) is 6.75. The minimum atomic E-state index is -0.549. The van der Waals surface area contributed by atoms with Gasteiger partial charge in [-0.3, -0.25) is 18.9 Å². The lowest BCUT2D eigenvalue weighted by atomic mass is 10.0. The molecule has 0 bridgehead atoms. The predicted molar refractivity (Wildman–Crippen MR) is 140 cm³/mol. The van der Waals surface area contributed by atoms with Crippen LogP contribution in [0.5, 0.6) is 0 Å². The molecule has 0 atom stereocenters. The number of amides is 1. The van der Waals surface area contributed by atoms with Crippen LogP contribution in [0.25, 0.3) is 11.7 Å². The molecule has 3 aromatic rings. The SMILES string of the molecule is Cc1cccn2c(=O)c(/C=C3\SC(=S)N(Cc4ccco4)C3=O)c(N3CCC4(CC3)OCCO4)nc12. The Morgan fingerprint density at radius 2 is 1.94 bits per heavy atom. The van der Waals surface area contributed by atoms with E-state index in [1.165, 1.54) is 21.1 Å². The number of aromatic nitrogens is 2. The summed E-state index contributed by atoms with van der Waals surface area (Å²) in [5, 5.41) is 0. The van der Waals surface area contributed by atoms with Crippen LogP contribution in [0.15, 0.2) is 50.8 Å². The maximum Gasteiger partial charge on any atom is 0.267 e. The summed E-state index contributed by atoms with van der Waals surface area (Å²) in [5.41, 5.74) is 1.61. The number of thioether (sulfide) groups is 1. The number of ether oxygens (including phenoxy) is 2. The third kappa shape index (κ3) is 4.05. The van der Waals surface area contributed by atoms with Crippen LogP contribution in [0.2, 0.25) is 0 Å². The van der Waals surface area contributed by atoms with Gasteiger partial charge < -0.3 is 18.8 Å². The minimum absolute atomic E-state index is 0.233. The first-order valence-corrected chi connectivity index (χ1v) is 13.0. The monoisotopic (exact) mass is 524 g/mol. The van der Waals surface area contributed by atoms with Crippen molar-refractivity contribution >= 4 is 51.7 Å². The molecule has 1 spiro atoms. The minimum Gasteiger partial charge on any atom is -0.467 e. The fourth-order valence-electron chi connectivity index (χ4n) is 4.84. The number of carbonyl (C=O) groups is 1. The number of hydrogen-bond donors (Lipinski definition) is 0. The van der Waals surface area contributed by atoms with Crippen molar-refractivity contribution in [3.63, 3.8) is 0 Å². The lowest BCUT2D eigenvalue weighted by molar-refractivity contribution is -0.169. The van der Waals surface area contributed by atoms with Crippen LogP contribution in [0, 0.1) is 6.92 Å². The Labute approximate surface area is 216 Å². The van der Waals surface area contributed by atoms with Crippen LogP contribution in [-0.4, -0.2) is 56.6 Å². The van der Waals surface area contributed by atoms with Crippen molar-refractivity contribution < 1.29 is 18.7 Å². The number of hydrogen-bond acceptors (Lipinski definition) is 9. The molecule has 0 saturated carbocycles. The average Bonchev–Trinajstić information content (AvgIpc) is 3.61. The largest absolute Gasteiger partial charge is 0.467 e. The second kappa shape index (κ2) is 9.15. The van der Waals surface area contributed by atoms with Gasteiger partial charge in [-0.25, -0.2) is 4.98 Å². The summed E-state index contributed by atoms with van der Waals surface area (Å²) in [6, 6.07) is 7.31. The zero-order valence-corrected chi connectivity index (χ0v) is 21.3. The topological polar surface area (TPSA) is 89.5 Å². The zero-order chi connectivity index (χ0) is 24.9. The number of anilines is 1. The Morgan fingerprint density at radius 3 is 2.67 bits per heavy atom. The Bertz CT molecular complexity index is 1430. The molecule has 1 amide bonds. The number of rotatable bonds is 4. The number of thiocarbonyl (C=S) groups is 1. The molecule has 0 unspecified atom stereocenters. The van der Waals surface area contributed by atoms with E-state index in [0.717, 1.165) is 5.56 Å². The van der Waals surface area contributed by atoms with Crippen LogP contribution in [0.1, 0.15) is 29.7 Å². The van der Waals surface area contributed by atoms with Crippen LogP contribution in [-0.2, 0) is 20.8 Å². The van der Waals surface area contributed by atoms with Gasteiger partial charge >= 0.3 is 0 Å². The van der Waals surface area contributed by atoms with E-state index in [1.54, 1.807) is 30.7 Å². The Balaban J connectivity index is 1.40. The third-order valence-corrected chi connectivity index (χ3v) is 8.12. The molecule has 3 fully saturated rings. The van der Waals surface area contributed by atoms with Gasteiger partial charge in [0.15, 0.2) is 5.79 Å². The number of piperidine rings is 1. The van der Waals surface area contributed by atoms with Gasteiger partial charge in [0.25, 0.3) is 11.5 Å². The standard InChI is InChI=1S/C25H24N4O5S2/c1-16-4-2-8-28-20(16)26-21(27-9-6-25(7-10-27)33-12-13-34-25)18(22(28)30)14-19-23(31)29(24(35)36-19)15-17-5-3-11-32-17/h2-5,8,11,14H,6-7,9-10,12-13,15H2,1H3/b19-14-. The van der Waals surface area contributed by atoms with Gasteiger partial charge in [-0.05, 0) is 36.8 Å². The van der Waals surface area contributed by atoms with Gasteiger partial charge in [0, 0.05) is 32.1 Å². The summed E-state index contributed by atoms with van der Waals surface area (Å²) < 4.78 is 19.1. The van der Waals surface area contributed by atoms with E-state index in [0.29, 0.717) is 71.2 Å². The quantitative estimate of drug-likeness (QED) is 0.377. The van der Waals surface area contributed by atoms with Gasteiger partial charge in [-0.1, -0.05) is 30.0 Å². The maximum absolute atomic E-state index is 13.7. The summed E-state index contributed by atoms with van der Waals surface area (Å²) in [4.78, 5) is 35.9. The molecule has 186 valence electrons. The molecule has 0 radical (unpaired) electrons. The highest BCUT2D eigenvalue weighted by molar-refractivity contribution is 8.26. The maximum atomic E-state index is 13.7. The van der Waals surface area contributed by atoms with Crippen LogP contribution >= 0.6 is 24.0 Å².